The van der Waals surface area contributed by atoms with Gasteiger partial charge in [0.1, 0.15) is 11.8 Å². The van der Waals surface area contributed by atoms with Crippen molar-refractivity contribution >= 4 is 11.1 Å². The van der Waals surface area contributed by atoms with Crippen LogP contribution < -0.4 is 0 Å². The first kappa shape index (κ1) is 16.0. The normalized spacial score (nSPS) is 13.0. The predicted octanol–water partition coefficient (Wildman–Crippen LogP) is 4.53. The highest BCUT2D eigenvalue weighted by Crippen LogP contribution is 2.46. The molecule has 0 saturated carbocycles. The molecule has 1 aliphatic rings. The zero-order valence-electron chi connectivity index (χ0n) is 13.9. The summed E-state index contributed by atoms with van der Waals surface area (Å²) in [6, 6.07) is 11.3. The fraction of sp³-hybridized carbons (Fsp3) is 0.0952. The maximum atomic E-state index is 13.9. The Morgan fingerprint density at radius 2 is 1.92 bits per heavy atom. The van der Waals surface area contributed by atoms with Gasteiger partial charge in [-0.25, -0.2) is 4.39 Å². The molecule has 128 valence electrons. The fourth-order valence-corrected chi connectivity index (χ4v) is 3.52. The maximum Gasteiger partial charge on any atom is 0.211 e. The molecule has 2 aromatic carbocycles. The Morgan fingerprint density at radius 3 is 2.65 bits per heavy atom. The van der Waals surface area contributed by atoms with Crippen LogP contribution in [0.3, 0.4) is 0 Å². The van der Waals surface area contributed by atoms with Crippen molar-refractivity contribution in [3.05, 3.63) is 82.1 Å². The SMILES string of the molecule is Cc1cc(O)cc2c1CC(c1ccc(O)c(F)c1)=C2c1ccoc1C#N. The molecule has 0 fully saturated rings. The van der Waals surface area contributed by atoms with Crippen LogP contribution in [0.15, 0.2) is 47.1 Å². The molecule has 3 aromatic rings. The van der Waals surface area contributed by atoms with Gasteiger partial charge in [-0.05, 0) is 77.1 Å². The van der Waals surface area contributed by atoms with Crippen molar-refractivity contribution in [3.8, 4) is 17.6 Å². The van der Waals surface area contributed by atoms with Gasteiger partial charge in [0.25, 0.3) is 0 Å². The number of aromatic hydroxyl groups is 2. The summed E-state index contributed by atoms with van der Waals surface area (Å²) >= 11 is 0. The van der Waals surface area contributed by atoms with Crippen molar-refractivity contribution in [2.75, 3.05) is 0 Å². The summed E-state index contributed by atoms with van der Waals surface area (Å²) in [7, 11) is 0. The lowest BCUT2D eigenvalue weighted by molar-refractivity contribution is 0.432. The molecule has 4 rings (SSSR count). The molecule has 2 N–H and O–H groups in total. The Kier molecular flexibility index (Phi) is 3.55. The van der Waals surface area contributed by atoms with Crippen LogP contribution in [0.25, 0.3) is 11.1 Å². The second-order valence-electron chi connectivity index (χ2n) is 6.26. The van der Waals surface area contributed by atoms with Gasteiger partial charge in [-0.2, -0.15) is 5.26 Å². The van der Waals surface area contributed by atoms with Crippen molar-refractivity contribution < 1.29 is 19.0 Å². The molecule has 4 nitrogen and oxygen atoms in total. The highest BCUT2D eigenvalue weighted by Gasteiger charge is 2.28. The largest absolute Gasteiger partial charge is 0.508 e. The van der Waals surface area contributed by atoms with E-state index in [9.17, 15) is 19.9 Å². The highest BCUT2D eigenvalue weighted by molar-refractivity contribution is 6.05. The minimum atomic E-state index is -0.711. The number of nitrogens with zero attached hydrogens (tertiary/aromatic N) is 1. The summed E-state index contributed by atoms with van der Waals surface area (Å²) in [5.74, 6) is -0.844. The van der Waals surface area contributed by atoms with E-state index < -0.39 is 11.6 Å². The number of nitriles is 1. The molecule has 0 unspecified atom stereocenters. The number of phenols is 2. The first-order valence-corrected chi connectivity index (χ1v) is 8.02. The van der Waals surface area contributed by atoms with Crippen molar-refractivity contribution in [1.29, 1.82) is 5.26 Å². The number of allylic oxidation sites excluding steroid dienone is 1. The molecular formula is C21H14FNO3. The van der Waals surface area contributed by atoms with Crippen LogP contribution in [0, 0.1) is 24.1 Å². The lowest BCUT2D eigenvalue weighted by atomic mass is 9.94. The third-order valence-electron chi connectivity index (χ3n) is 4.71. The number of benzene rings is 2. The Bertz CT molecular complexity index is 1120. The maximum absolute atomic E-state index is 13.9. The summed E-state index contributed by atoms with van der Waals surface area (Å²) in [5, 5.41) is 28.9. The molecule has 1 heterocycles. The lowest BCUT2D eigenvalue weighted by Crippen LogP contribution is -1.91. The molecule has 1 aromatic heterocycles. The molecule has 5 heteroatoms. The van der Waals surface area contributed by atoms with Gasteiger partial charge < -0.3 is 14.6 Å². The predicted molar refractivity (Wildman–Crippen MR) is 94.0 cm³/mol. The van der Waals surface area contributed by atoms with Crippen LogP contribution in [0.4, 0.5) is 4.39 Å². The van der Waals surface area contributed by atoms with E-state index >= 15 is 0 Å². The fourth-order valence-electron chi connectivity index (χ4n) is 3.52. The molecule has 0 atom stereocenters. The summed E-state index contributed by atoms with van der Waals surface area (Å²) in [5.41, 5.74) is 5.46. The van der Waals surface area contributed by atoms with E-state index in [1.54, 1.807) is 24.3 Å². The number of fused-ring (bicyclic) bond motifs is 1. The Labute approximate surface area is 149 Å². The topological polar surface area (TPSA) is 77.4 Å². The number of halogens is 1. The second kappa shape index (κ2) is 5.78. The number of hydrogen-bond acceptors (Lipinski definition) is 4. The molecule has 0 aliphatic heterocycles. The molecule has 0 spiro atoms. The van der Waals surface area contributed by atoms with Gasteiger partial charge in [0.05, 0.1) is 6.26 Å². The van der Waals surface area contributed by atoms with E-state index in [0.29, 0.717) is 17.5 Å². The molecule has 1 aliphatic carbocycles. The van der Waals surface area contributed by atoms with Crippen LogP contribution in [0.2, 0.25) is 0 Å². The van der Waals surface area contributed by atoms with Gasteiger partial charge in [0.2, 0.25) is 5.76 Å². The van der Waals surface area contributed by atoms with Crippen molar-refractivity contribution in [2.24, 2.45) is 0 Å². The smallest absolute Gasteiger partial charge is 0.211 e. The standard InChI is InChI=1S/C21H14FNO3/c1-11-6-13(24)8-17-15(11)9-16(12-2-3-19(25)18(22)7-12)21(17)14-4-5-26-20(14)10-23/h2-8,24-25H,9H2,1H3. The molecular weight excluding hydrogens is 333 g/mol. The quantitative estimate of drug-likeness (QED) is 0.714. The van der Waals surface area contributed by atoms with Gasteiger partial charge in [0, 0.05) is 5.56 Å². The first-order chi connectivity index (χ1) is 12.5. The molecule has 26 heavy (non-hydrogen) atoms. The zero-order valence-corrected chi connectivity index (χ0v) is 13.9. The van der Waals surface area contributed by atoms with Crippen LogP contribution in [-0.4, -0.2) is 10.2 Å². The molecule has 0 radical (unpaired) electrons. The third kappa shape index (κ3) is 2.35. The van der Waals surface area contributed by atoms with E-state index in [-0.39, 0.29) is 11.5 Å². The van der Waals surface area contributed by atoms with Crippen molar-refractivity contribution in [3.63, 3.8) is 0 Å². The minimum absolute atomic E-state index is 0.124. The molecule has 0 amide bonds. The number of rotatable bonds is 2. The first-order valence-electron chi connectivity index (χ1n) is 8.02. The van der Waals surface area contributed by atoms with Crippen LogP contribution in [0.1, 0.15) is 33.6 Å². The monoisotopic (exact) mass is 347 g/mol. The summed E-state index contributed by atoms with van der Waals surface area (Å²) in [6.45, 7) is 1.90. The summed E-state index contributed by atoms with van der Waals surface area (Å²) < 4.78 is 19.2. The van der Waals surface area contributed by atoms with E-state index in [0.717, 1.165) is 27.8 Å². The third-order valence-corrected chi connectivity index (χ3v) is 4.71. The Balaban J connectivity index is 2.03. The minimum Gasteiger partial charge on any atom is -0.508 e. The average Bonchev–Trinajstić information content (AvgIpc) is 3.21. The van der Waals surface area contributed by atoms with E-state index in [4.69, 9.17) is 4.42 Å². The van der Waals surface area contributed by atoms with Gasteiger partial charge >= 0.3 is 0 Å². The van der Waals surface area contributed by atoms with Gasteiger partial charge in [-0.15, -0.1) is 0 Å². The van der Waals surface area contributed by atoms with Gasteiger partial charge in [-0.3, -0.25) is 0 Å². The Hall–Kier alpha value is -3.52. The van der Waals surface area contributed by atoms with Crippen LogP contribution >= 0.6 is 0 Å². The number of hydrogen-bond donors (Lipinski definition) is 2. The number of aryl methyl sites for hydroxylation is 1. The Morgan fingerprint density at radius 1 is 1.12 bits per heavy atom. The highest BCUT2D eigenvalue weighted by atomic mass is 19.1. The van der Waals surface area contributed by atoms with Crippen molar-refractivity contribution in [2.45, 2.75) is 13.3 Å². The zero-order chi connectivity index (χ0) is 18.4. The second-order valence-corrected chi connectivity index (χ2v) is 6.26. The van der Waals surface area contributed by atoms with Crippen LogP contribution in [-0.2, 0) is 6.42 Å². The van der Waals surface area contributed by atoms with Crippen LogP contribution in [0.5, 0.6) is 11.5 Å². The van der Waals surface area contributed by atoms with Gasteiger partial charge in [0.15, 0.2) is 11.6 Å². The lowest BCUT2D eigenvalue weighted by Gasteiger charge is -2.09. The molecule has 0 bridgehead atoms. The van der Waals surface area contributed by atoms with E-state index in [2.05, 4.69) is 0 Å². The van der Waals surface area contributed by atoms with E-state index in [1.165, 1.54) is 18.4 Å². The average molecular weight is 347 g/mol. The van der Waals surface area contributed by atoms with Crippen molar-refractivity contribution in [1.82, 2.24) is 0 Å². The van der Waals surface area contributed by atoms with Gasteiger partial charge in [-0.1, -0.05) is 6.07 Å². The number of furan rings is 1. The number of phenolic OH excluding ortho intramolecular Hbond substituents is 2. The summed E-state index contributed by atoms with van der Waals surface area (Å²) in [6.07, 6.45) is 1.96. The van der Waals surface area contributed by atoms with E-state index in [1.807, 2.05) is 13.0 Å². The summed E-state index contributed by atoms with van der Waals surface area (Å²) in [4.78, 5) is 0. The molecule has 0 saturated heterocycles.